The molecule has 0 unspecified atom stereocenters. The monoisotopic (exact) mass is 1520 g/mol. The van der Waals surface area contributed by atoms with E-state index in [-0.39, 0.29) is 63.5 Å². The Labute approximate surface area is 641 Å². The van der Waals surface area contributed by atoms with Gasteiger partial charge in [-0.15, -0.1) is 0 Å². The van der Waals surface area contributed by atoms with Crippen molar-refractivity contribution in [2.45, 2.75) is 178 Å². The molecule has 27 nitrogen and oxygen atoms in total. The molecule has 0 spiro atoms. The number of rotatable bonds is 40. The van der Waals surface area contributed by atoms with Crippen LogP contribution >= 0.6 is 11.6 Å². The highest BCUT2D eigenvalue weighted by Gasteiger charge is 2.40. The first-order valence-corrected chi connectivity index (χ1v) is 37.8. The van der Waals surface area contributed by atoms with Crippen molar-refractivity contribution in [1.82, 2.24) is 63.0 Å². The molecule has 0 bridgehead atoms. The van der Waals surface area contributed by atoms with Gasteiger partial charge in [0.15, 0.2) is 0 Å². The molecule has 6 aromatic carbocycles. The number of hydrogen-bond acceptors (Lipinski definition) is 15. The van der Waals surface area contributed by atoms with Gasteiger partial charge in [0.05, 0.1) is 19.8 Å². The second-order valence-electron chi connectivity index (χ2n) is 28.7. The fourth-order valence-electron chi connectivity index (χ4n) is 13.2. The van der Waals surface area contributed by atoms with E-state index >= 15 is 9.59 Å². The number of ether oxygens (including phenoxy) is 1. The number of nitrogens with zero attached hydrogens (tertiary/aromatic N) is 2. The van der Waals surface area contributed by atoms with Crippen LogP contribution in [0.25, 0.3) is 10.8 Å². The summed E-state index contributed by atoms with van der Waals surface area (Å²) in [6.07, 6.45) is 1.55. The number of halogens is 1. The summed E-state index contributed by atoms with van der Waals surface area (Å²) in [5.41, 5.74) is 15.0. The van der Waals surface area contributed by atoms with E-state index < -0.39 is 132 Å². The molecule has 15 N–H and O–H groups in total. The van der Waals surface area contributed by atoms with E-state index in [0.29, 0.717) is 84.8 Å². The number of likely N-dealkylation sites (tertiary alicyclic amines) is 1. The molecule has 0 saturated carbocycles. The van der Waals surface area contributed by atoms with E-state index in [1.165, 1.54) is 11.8 Å². The van der Waals surface area contributed by atoms with Gasteiger partial charge in [0, 0.05) is 69.3 Å². The number of hydrogen-bond donors (Lipinski definition) is 13. The normalized spacial score (nSPS) is 16.2. The number of urea groups is 1. The molecule has 28 heteroatoms. The lowest BCUT2D eigenvalue weighted by atomic mass is 9.99. The van der Waals surface area contributed by atoms with Gasteiger partial charge < -0.3 is 79.4 Å². The number of morpholine rings is 1. The van der Waals surface area contributed by atoms with E-state index in [1.54, 1.807) is 97.1 Å². The molecule has 0 aliphatic carbocycles. The smallest absolute Gasteiger partial charge is 0.312 e. The van der Waals surface area contributed by atoms with E-state index in [1.807, 2.05) is 82.3 Å². The number of aliphatic hydroxyl groups is 1. The van der Waals surface area contributed by atoms with Crippen LogP contribution in [0, 0.1) is 5.92 Å². The fraction of sp³-hybridized carbons (Fsp3) is 0.444. The van der Waals surface area contributed by atoms with Gasteiger partial charge in [0.25, 0.3) is 0 Å². The summed E-state index contributed by atoms with van der Waals surface area (Å²) in [5.74, 6) is -7.99. The summed E-state index contributed by atoms with van der Waals surface area (Å²) in [7, 11) is 0. The van der Waals surface area contributed by atoms with Crippen LogP contribution in [-0.2, 0) is 91.3 Å². The maximum Gasteiger partial charge on any atom is 0.312 e. The summed E-state index contributed by atoms with van der Waals surface area (Å²) < 4.78 is 5.56. The lowest BCUT2D eigenvalue weighted by Gasteiger charge is -2.31. The van der Waals surface area contributed by atoms with Crippen LogP contribution in [0.5, 0.6) is 0 Å². The minimum atomic E-state index is -1.78. The lowest BCUT2D eigenvalue weighted by molar-refractivity contribution is -0.142. The maximum absolute atomic E-state index is 15.3. The van der Waals surface area contributed by atoms with Crippen LogP contribution in [0.15, 0.2) is 152 Å². The third-order valence-corrected chi connectivity index (χ3v) is 19.4. The fourth-order valence-corrected chi connectivity index (χ4v) is 13.3. The van der Waals surface area contributed by atoms with Crippen molar-refractivity contribution in [2.75, 3.05) is 46.0 Å². The number of carbonyl (C=O) groups excluding carboxylic acids is 11. The molecule has 2 aliphatic heterocycles. The Morgan fingerprint density at radius 1 is 0.477 bits per heavy atom. The van der Waals surface area contributed by atoms with Gasteiger partial charge in [-0.2, -0.15) is 0 Å². The van der Waals surface area contributed by atoms with Gasteiger partial charge in [-0.25, -0.2) is 4.79 Å². The van der Waals surface area contributed by atoms with Crippen LogP contribution < -0.4 is 64.6 Å². The van der Waals surface area contributed by atoms with Crippen molar-refractivity contribution in [3.63, 3.8) is 0 Å². The van der Waals surface area contributed by atoms with Crippen molar-refractivity contribution in [2.24, 2.45) is 17.4 Å². The number of nitrogens with one attached hydrogen (secondary N) is 10. The first-order chi connectivity index (χ1) is 52.3. The number of nitrogens with two attached hydrogens (primary N) is 2. The minimum absolute atomic E-state index is 0.0237. The summed E-state index contributed by atoms with van der Waals surface area (Å²) in [6, 6.07) is 30.4. The summed E-state index contributed by atoms with van der Waals surface area (Å²) in [4.78, 5) is 161. The van der Waals surface area contributed by atoms with Gasteiger partial charge in [-0.05, 0) is 114 Å². The van der Waals surface area contributed by atoms with Gasteiger partial charge >= 0.3 is 6.03 Å². The van der Waals surface area contributed by atoms with Crippen LogP contribution in [0.2, 0.25) is 5.02 Å². The number of carbonyl (C=O) groups is 11. The predicted octanol–water partition coefficient (Wildman–Crippen LogP) is 3.46. The van der Waals surface area contributed by atoms with Gasteiger partial charge in [-0.1, -0.05) is 179 Å². The van der Waals surface area contributed by atoms with Gasteiger partial charge in [0.2, 0.25) is 59.1 Å². The Bertz CT molecular complexity index is 4040. The van der Waals surface area contributed by atoms with Crippen molar-refractivity contribution in [3.8, 4) is 0 Å². The maximum atomic E-state index is 15.3. The van der Waals surface area contributed by atoms with E-state index in [4.69, 9.17) is 27.8 Å². The Morgan fingerprint density at radius 2 is 0.908 bits per heavy atom. The number of unbranched alkanes of at least 4 members (excludes halogenated alkanes) is 1. The molecule has 2 fully saturated rings. The molecular formula is C81H105ClN14O13. The Kier molecular flexibility index (Phi) is 32.8. The number of primary amides is 2. The molecule has 8 rings (SSSR count). The first kappa shape index (κ1) is 84.3. The Morgan fingerprint density at radius 3 is 1.41 bits per heavy atom. The molecule has 2 saturated heterocycles. The summed E-state index contributed by atoms with van der Waals surface area (Å²) >= 11 is 6.27. The highest BCUT2D eigenvalue weighted by Crippen LogP contribution is 2.23. The van der Waals surface area contributed by atoms with Crippen LogP contribution in [0.1, 0.15) is 107 Å². The number of fused-ring (bicyclic) bond motifs is 1. The zero-order valence-electron chi connectivity index (χ0n) is 62.6. The minimum Gasteiger partial charge on any atom is -0.394 e. The standard InChI is InChI=1S/C81H105ClN14O13/c1-50(2)41-63(72(99)87-62(23-14-15-35-85-51(3)4)80(107)96-36-16-24-70(96)79(106)86-52(5)71(83)98)88-73(100)64(43-53-17-8-6-9-18-53)89-75(102)67(45-55-25-27-57(28-26-55)48-95-37-39-109-40-38-95)92-78(105)69(49-97)93-76(103)65(44-54-19-10-7-11-20-54)90-74(101)66(46-56-30-33-61(82)34-31-56)91-77(104)68(94-81(84)108)47-58-29-32-59-21-12-13-22-60(59)42-58/h6-13,17-22,25-34,42,50-52,62-70,85,97H,14-16,23-24,35-41,43-49H2,1-5H3,(H2,83,98)(H,86,106)(H,87,99)(H,88,100)(H,89,102)(H,90,101)(H,91,104)(H,92,105)(H,93,103)(H3,84,94,108)/t52-,62+,63+,64-,65-,66-,67+,68-,69+,70+/m1/s1. The van der Waals surface area contributed by atoms with Gasteiger partial charge in [0.1, 0.15) is 60.4 Å². The van der Waals surface area contributed by atoms with Crippen LogP contribution in [-0.4, -0.2) is 192 Å². The molecule has 0 radical (unpaired) electrons. The Hall–Kier alpha value is -10.3. The summed E-state index contributed by atoms with van der Waals surface area (Å²) in [6.45, 7) is 12.2. The average molecular weight is 1520 g/mol. The highest BCUT2D eigenvalue weighted by molar-refractivity contribution is 6.30. The second kappa shape index (κ2) is 42.4. The average Bonchev–Trinajstić information content (AvgIpc) is 1.78. The molecule has 12 amide bonds. The molecule has 10 atom stereocenters. The van der Waals surface area contributed by atoms with Crippen LogP contribution in [0.3, 0.4) is 0 Å². The quantitative estimate of drug-likeness (QED) is 0.0245. The van der Waals surface area contributed by atoms with E-state index in [2.05, 4.69) is 58.1 Å². The van der Waals surface area contributed by atoms with Crippen molar-refractivity contribution < 1.29 is 62.6 Å². The number of amides is 12. The molecule has 2 aliphatic rings. The molecule has 6 aromatic rings. The van der Waals surface area contributed by atoms with E-state index in [0.717, 1.165) is 29.4 Å². The molecule has 0 aromatic heterocycles. The zero-order valence-corrected chi connectivity index (χ0v) is 63.3. The molecular weight excluding hydrogens is 1410 g/mol. The second-order valence-corrected chi connectivity index (χ2v) is 29.2. The first-order valence-electron chi connectivity index (χ1n) is 37.4. The topological polar surface area (TPSA) is 396 Å². The Balaban J connectivity index is 1.05. The molecule has 584 valence electrons. The van der Waals surface area contributed by atoms with Crippen LogP contribution in [0.4, 0.5) is 4.79 Å². The van der Waals surface area contributed by atoms with Crippen molar-refractivity contribution in [3.05, 3.63) is 190 Å². The zero-order chi connectivity index (χ0) is 78.5. The van der Waals surface area contributed by atoms with Crippen molar-refractivity contribution in [1.29, 1.82) is 0 Å². The third kappa shape index (κ3) is 27.1. The predicted molar refractivity (Wildman–Crippen MR) is 414 cm³/mol. The SMILES string of the molecule is CC(C)C[C@H](NC(=O)[C@@H](Cc1ccccc1)NC(=O)[C@H](Cc1ccc(CN2CCOCC2)cc1)NC(=O)[C@H](CO)NC(=O)[C@@H](Cc1ccccc1)NC(=O)[C@@H](Cc1ccc(Cl)cc1)NC(=O)[C@@H](Cc1ccc2ccccc2c1)NC(N)=O)C(=O)N[C@@H](CCCCNC(C)C)C(=O)N1CCC[C@H]1C(=O)N[C@H](C)C(N)=O. The molecule has 2 heterocycles. The van der Waals surface area contributed by atoms with E-state index in [9.17, 15) is 48.3 Å². The summed E-state index contributed by atoms with van der Waals surface area (Å²) in [5, 5.41) is 41.4. The largest absolute Gasteiger partial charge is 0.394 e. The molecule has 109 heavy (non-hydrogen) atoms. The lowest BCUT2D eigenvalue weighted by Crippen LogP contribution is -2.62. The van der Waals surface area contributed by atoms with Crippen molar-refractivity contribution >= 4 is 87.5 Å². The highest BCUT2D eigenvalue weighted by atomic mass is 35.5. The number of benzene rings is 6. The van der Waals surface area contributed by atoms with Gasteiger partial charge in [-0.3, -0.25) is 52.8 Å². The number of aliphatic hydroxyl groups excluding tert-OH is 1. The third-order valence-electron chi connectivity index (χ3n) is 19.2.